The van der Waals surface area contributed by atoms with E-state index in [0.29, 0.717) is 22.8 Å². The van der Waals surface area contributed by atoms with Gasteiger partial charge >= 0.3 is 0 Å². The number of ether oxygens (including phenoxy) is 1. The summed E-state index contributed by atoms with van der Waals surface area (Å²) in [6.45, 7) is 2.08. The topological polar surface area (TPSA) is 58.6 Å². The van der Waals surface area contributed by atoms with Gasteiger partial charge in [-0.15, -0.1) is 11.8 Å². The first kappa shape index (κ1) is 21.0. The number of nitrogens with zero attached hydrogens (tertiary/aromatic N) is 1. The third kappa shape index (κ3) is 4.59. The molecule has 0 saturated carbocycles. The smallest absolute Gasteiger partial charge is 0.255 e. The molecule has 6 heteroatoms. The van der Waals surface area contributed by atoms with Gasteiger partial charge in [0.2, 0.25) is 5.91 Å². The second-order valence-corrected chi connectivity index (χ2v) is 8.33. The standard InChI is InChI=1S/C25H24N2O3S/c1-3-17-10-12-18(13-11-17)24(29)26-20-7-4-6-19(14-20)25-27(23(28)16-31-25)21-8-5-9-22(15-21)30-2/h4-15,25H,3,16H2,1-2H3,(H,26,29)/t25-/m0/s1. The summed E-state index contributed by atoms with van der Waals surface area (Å²) in [5.41, 5.74) is 4.26. The lowest BCUT2D eigenvalue weighted by molar-refractivity contribution is -0.115. The van der Waals surface area contributed by atoms with Crippen LogP contribution in [0.4, 0.5) is 11.4 Å². The summed E-state index contributed by atoms with van der Waals surface area (Å²) < 4.78 is 5.32. The lowest BCUT2D eigenvalue weighted by Crippen LogP contribution is -2.27. The molecule has 1 N–H and O–H groups in total. The van der Waals surface area contributed by atoms with Gasteiger partial charge in [-0.05, 0) is 53.9 Å². The zero-order valence-corrected chi connectivity index (χ0v) is 18.3. The van der Waals surface area contributed by atoms with Gasteiger partial charge in [-0.1, -0.05) is 37.3 Å². The summed E-state index contributed by atoms with van der Waals surface area (Å²) in [7, 11) is 1.61. The van der Waals surface area contributed by atoms with Crippen LogP contribution in [0.1, 0.15) is 33.8 Å². The van der Waals surface area contributed by atoms with E-state index in [1.165, 1.54) is 5.56 Å². The van der Waals surface area contributed by atoms with Gasteiger partial charge in [-0.2, -0.15) is 0 Å². The normalized spacial score (nSPS) is 15.7. The lowest BCUT2D eigenvalue weighted by atomic mass is 10.1. The molecule has 3 aromatic rings. The number of benzene rings is 3. The number of carbonyl (C=O) groups excluding carboxylic acids is 2. The molecule has 5 nitrogen and oxygen atoms in total. The van der Waals surface area contributed by atoms with Gasteiger partial charge < -0.3 is 10.1 Å². The second-order valence-electron chi connectivity index (χ2n) is 7.26. The number of hydrogen-bond donors (Lipinski definition) is 1. The number of amides is 2. The van der Waals surface area contributed by atoms with Gasteiger partial charge in [0.05, 0.1) is 12.9 Å². The van der Waals surface area contributed by atoms with Crippen molar-refractivity contribution in [3.05, 3.63) is 89.5 Å². The van der Waals surface area contributed by atoms with Crippen molar-refractivity contribution in [3.8, 4) is 5.75 Å². The van der Waals surface area contributed by atoms with Crippen molar-refractivity contribution in [1.82, 2.24) is 0 Å². The number of rotatable bonds is 6. The molecule has 0 aromatic heterocycles. The molecular weight excluding hydrogens is 408 g/mol. The van der Waals surface area contributed by atoms with Crippen LogP contribution in [-0.2, 0) is 11.2 Å². The van der Waals surface area contributed by atoms with Gasteiger partial charge in [-0.25, -0.2) is 0 Å². The third-order valence-corrected chi connectivity index (χ3v) is 6.47. The van der Waals surface area contributed by atoms with Crippen molar-refractivity contribution >= 4 is 35.0 Å². The molecule has 1 saturated heterocycles. The van der Waals surface area contributed by atoms with Crippen LogP contribution in [0.2, 0.25) is 0 Å². The average Bonchev–Trinajstić information content (AvgIpc) is 3.20. The highest BCUT2D eigenvalue weighted by molar-refractivity contribution is 8.00. The molecule has 3 aromatic carbocycles. The zero-order chi connectivity index (χ0) is 21.8. The van der Waals surface area contributed by atoms with Crippen molar-refractivity contribution in [1.29, 1.82) is 0 Å². The van der Waals surface area contributed by atoms with Crippen molar-refractivity contribution in [2.45, 2.75) is 18.7 Å². The molecule has 1 aliphatic rings. The highest BCUT2D eigenvalue weighted by Crippen LogP contribution is 2.42. The fourth-order valence-corrected chi connectivity index (χ4v) is 4.74. The number of carbonyl (C=O) groups is 2. The first-order chi connectivity index (χ1) is 15.1. The quantitative estimate of drug-likeness (QED) is 0.575. The molecule has 2 amide bonds. The number of hydrogen-bond acceptors (Lipinski definition) is 4. The molecular formula is C25H24N2O3S. The Hall–Kier alpha value is -3.25. The number of thioether (sulfide) groups is 1. The Labute approximate surface area is 186 Å². The molecule has 31 heavy (non-hydrogen) atoms. The van der Waals surface area contributed by atoms with Crippen LogP contribution in [0.15, 0.2) is 72.8 Å². The van der Waals surface area contributed by atoms with E-state index in [1.807, 2.05) is 72.8 Å². The highest BCUT2D eigenvalue weighted by atomic mass is 32.2. The average molecular weight is 433 g/mol. The van der Waals surface area contributed by atoms with Crippen LogP contribution in [0, 0.1) is 0 Å². The minimum Gasteiger partial charge on any atom is -0.497 e. The van der Waals surface area contributed by atoms with Crippen molar-refractivity contribution in [3.63, 3.8) is 0 Å². The zero-order valence-electron chi connectivity index (χ0n) is 17.5. The number of nitrogens with one attached hydrogen (secondary N) is 1. The molecule has 4 rings (SSSR count). The van der Waals surface area contributed by atoms with E-state index in [-0.39, 0.29) is 17.2 Å². The monoisotopic (exact) mass is 432 g/mol. The lowest BCUT2D eigenvalue weighted by Gasteiger charge is -2.25. The molecule has 0 unspecified atom stereocenters. The van der Waals surface area contributed by atoms with E-state index in [1.54, 1.807) is 23.8 Å². The van der Waals surface area contributed by atoms with Gasteiger partial charge in [0.15, 0.2) is 0 Å². The fraction of sp³-hybridized carbons (Fsp3) is 0.200. The van der Waals surface area contributed by atoms with Gasteiger partial charge in [0, 0.05) is 23.0 Å². The predicted molar refractivity (Wildman–Crippen MR) is 126 cm³/mol. The van der Waals surface area contributed by atoms with E-state index in [0.717, 1.165) is 17.7 Å². The van der Waals surface area contributed by atoms with Crippen LogP contribution in [0.5, 0.6) is 5.75 Å². The minimum atomic E-state index is -0.166. The highest BCUT2D eigenvalue weighted by Gasteiger charge is 2.34. The fourth-order valence-electron chi connectivity index (χ4n) is 3.58. The largest absolute Gasteiger partial charge is 0.497 e. The number of anilines is 2. The van der Waals surface area contributed by atoms with Crippen LogP contribution in [0.3, 0.4) is 0 Å². The van der Waals surface area contributed by atoms with E-state index < -0.39 is 0 Å². The van der Waals surface area contributed by atoms with Gasteiger partial charge in [0.25, 0.3) is 5.91 Å². The van der Waals surface area contributed by atoms with Crippen molar-refractivity contribution < 1.29 is 14.3 Å². The maximum Gasteiger partial charge on any atom is 0.255 e. The molecule has 0 bridgehead atoms. The van der Waals surface area contributed by atoms with E-state index in [2.05, 4.69) is 12.2 Å². The molecule has 1 atom stereocenters. The Morgan fingerprint density at radius 3 is 2.61 bits per heavy atom. The molecule has 1 aliphatic heterocycles. The van der Waals surface area contributed by atoms with Crippen LogP contribution in [-0.4, -0.2) is 24.7 Å². The van der Waals surface area contributed by atoms with E-state index in [9.17, 15) is 9.59 Å². The second kappa shape index (κ2) is 9.27. The molecule has 1 fully saturated rings. The van der Waals surface area contributed by atoms with Crippen molar-refractivity contribution in [2.75, 3.05) is 23.1 Å². The Kier molecular flexibility index (Phi) is 6.28. The minimum absolute atomic E-state index is 0.0497. The summed E-state index contributed by atoms with van der Waals surface area (Å²) >= 11 is 1.57. The molecule has 1 heterocycles. The van der Waals surface area contributed by atoms with E-state index >= 15 is 0 Å². The Bertz CT molecular complexity index is 1100. The Morgan fingerprint density at radius 2 is 1.87 bits per heavy atom. The van der Waals surface area contributed by atoms with Gasteiger partial charge in [0.1, 0.15) is 11.1 Å². The number of aryl methyl sites for hydroxylation is 1. The summed E-state index contributed by atoms with van der Waals surface area (Å²) in [4.78, 5) is 27.1. The maximum absolute atomic E-state index is 12.7. The van der Waals surface area contributed by atoms with Crippen LogP contribution < -0.4 is 15.0 Å². The Morgan fingerprint density at radius 1 is 1.10 bits per heavy atom. The van der Waals surface area contributed by atoms with Gasteiger partial charge in [-0.3, -0.25) is 14.5 Å². The summed E-state index contributed by atoms with van der Waals surface area (Å²) in [5, 5.41) is 2.81. The first-order valence-electron chi connectivity index (χ1n) is 10.2. The Balaban J connectivity index is 1.56. The first-order valence-corrected chi connectivity index (χ1v) is 11.2. The molecule has 158 valence electrons. The summed E-state index contributed by atoms with van der Waals surface area (Å²) in [5.74, 6) is 1.01. The summed E-state index contributed by atoms with van der Waals surface area (Å²) in [6.07, 6.45) is 0.936. The third-order valence-electron chi connectivity index (χ3n) is 5.25. The predicted octanol–water partition coefficient (Wildman–Crippen LogP) is 5.29. The van der Waals surface area contributed by atoms with Crippen molar-refractivity contribution in [2.24, 2.45) is 0 Å². The molecule has 0 radical (unpaired) electrons. The number of methoxy groups -OCH3 is 1. The molecule has 0 aliphatic carbocycles. The SMILES string of the molecule is CCc1ccc(C(=O)Nc2cccc([C@@H]3SCC(=O)N3c3cccc(OC)c3)c2)cc1. The van der Waals surface area contributed by atoms with Crippen LogP contribution >= 0.6 is 11.8 Å². The maximum atomic E-state index is 12.7. The molecule has 0 spiro atoms. The van der Waals surface area contributed by atoms with Crippen LogP contribution in [0.25, 0.3) is 0 Å². The van der Waals surface area contributed by atoms with E-state index in [4.69, 9.17) is 4.74 Å². The summed E-state index contributed by atoms with van der Waals surface area (Å²) in [6, 6.07) is 22.8.